The number of para-hydroxylation sites is 1. The molecule has 1 amide bonds. The first-order chi connectivity index (χ1) is 9.59. The second-order valence-electron chi connectivity index (χ2n) is 4.69. The predicted molar refractivity (Wildman–Crippen MR) is 77.0 cm³/mol. The van der Waals surface area contributed by atoms with Gasteiger partial charge in [-0.25, -0.2) is 0 Å². The lowest BCUT2D eigenvalue weighted by molar-refractivity contribution is -0.383. The van der Waals surface area contributed by atoms with Gasteiger partial charge in [-0.1, -0.05) is 17.7 Å². The van der Waals surface area contributed by atoms with Crippen molar-refractivity contribution in [3.05, 3.63) is 33.3 Å². The average molecular weight is 298 g/mol. The average Bonchev–Trinajstić information content (AvgIpc) is 2.46. The quantitative estimate of drug-likeness (QED) is 0.685. The lowest BCUT2D eigenvalue weighted by atomic mass is 10.1. The van der Waals surface area contributed by atoms with E-state index in [1.165, 1.54) is 12.1 Å². The number of rotatable bonds is 4. The van der Waals surface area contributed by atoms with Gasteiger partial charge in [0.15, 0.2) is 0 Å². The van der Waals surface area contributed by atoms with E-state index in [-0.39, 0.29) is 28.8 Å². The fourth-order valence-corrected chi connectivity index (χ4v) is 2.50. The molecular weight excluding hydrogens is 282 g/mol. The van der Waals surface area contributed by atoms with Gasteiger partial charge in [-0.3, -0.25) is 14.9 Å². The number of nitrogens with zero attached hydrogens (tertiary/aromatic N) is 2. The van der Waals surface area contributed by atoms with Crippen LogP contribution in [0.5, 0.6) is 0 Å². The summed E-state index contributed by atoms with van der Waals surface area (Å²) in [4.78, 5) is 24.2. The van der Waals surface area contributed by atoms with Crippen molar-refractivity contribution in [3.63, 3.8) is 0 Å². The number of piperidine rings is 1. The van der Waals surface area contributed by atoms with E-state index in [9.17, 15) is 14.9 Å². The van der Waals surface area contributed by atoms with Gasteiger partial charge in [0.1, 0.15) is 5.69 Å². The number of nitro groups is 1. The SMILES string of the molecule is O=C(CNc1c(Cl)cccc1[N+](=O)[O-])N1CCCCC1. The molecule has 108 valence electrons. The minimum Gasteiger partial charge on any atom is -0.369 e. The maximum absolute atomic E-state index is 12.0. The minimum atomic E-state index is -0.514. The van der Waals surface area contributed by atoms with E-state index in [1.807, 2.05) is 0 Å². The number of hydrogen-bond donors (Lipinski definition) is 1. The molecule has 0 atom stereocenters. The third-order valence-corrected chi connectivity index (χ3v) is 3.63. The Labute approximate surface area is 121 Å². The van der Waals surface area contributed by atoms with Crippen molar-refractivity contribution < 1.29 is 9.72 Å². The first-order valence-electron chi connectivity index (χ1n) is 6.54. The highest BCUT2D eigenvalue weighted by Crippen LogP contribution is 2.31. The Balaban J connectivity index is 2.03. The summed E-state index contributed by atoms with van der Waals surface area (Å²) in [6, 6.07) is 4.43. The van der Waals surface area contributed by atoms with Crippen LogP contribution >= 0.6 is 11.6 Å². The molecule has 1 aliphatic rings. The lowest BCUT2D eigenvalue weighted by Gasteiger charge is -2.26. The highest BCUT2D eigenvalue weighted by atomic mass is 35.5. The minimum absolute atomic E-state index is 0.0184. The predicted octanol–water partition coefficient (Wildman–Crippen LogP) is 2.67. The molecule has 1 fully saturated rings. The third-order valence-electron chi connectivity index (χ3n) is 3.31. The second kappa shape index (κ2) is 6.56. The first kappa shape index (κ1) is 14.6. The largest absolute Gasteiger partial charge is 0.369 e. The van der Waals surface area contributed by atoms with Crippen LogP contribution in [-0.2, 0) is 4.79 Å². The number of nitro benzene ring substituents is 1. The van der Waals surface area contributed by atoms with Crippen molar-refractivity contribution in [1.29, 1.82) is 0 Å². The number of halogens is 1. The van der Waals surface area contributed by atoms with Gasteiger partial charge in [-0.05, 0) is 25.3 Å². The third kappa shape index (κ3) is 3.39. The van der Waals surface area contributed by atoms with Crippen LogP contribution in [-0.4, -0.2) is 35.4 Å². The van der Waals surface area contributed by atoms with Gasteiger partial charge in [0, 0.05) is 19.2 Å². The lowest BCUT2D eigenvalue weighted by Crippen LogP contribution is -2.39. The molecule has 6 nitrogen and oxygen atoms in total. The van der Waals surface area contributed by atoms with E-state index < -0.39 is 4.92 Å². The maximum atomic E-state index is 12.0. The molecule has 0 aliphatic carbocycles. The molecule has 1 aromatic rings. The van der Waals surface area contributed by atoms with Crippen molar-refractivity contribution in [3.8, 4) is 0 Å². The number of carbonyl (C=O) groups is 1. The van der Waals surface area contributed by atoms with Gasteiger partial charge < -0.3 is 10.2 Å². The summed E-state index contributed by atoms with van der Waals surface area (Å²) in [7, 11) is 0. The molecule has 1 aromatic carbocycles. The van der Waals surface area contributed by atoms with E-state index >= 15 is 0 Å². The molecule has 1 N–H and O–H groups in total. The summed E-state index contributed by atoms with van der Waals surface area (Å²) in [6.45, 7) is 1.53. The van der Waals surface area contributed by atoms with Gasteiger partial charge in [-0.15, -0.1) is 0 Å². The zero-order valence-corrected chi connectivity index (χ0v) is 11.7. The van der Waals surface area contributed by atoms with E-state index in [0.29, 0.717) is 0 Å². The first-order valence-corrected chi connectivity index (χ1v) is 6.92. The van der Waals surface area contributed by atoms with E-state index in [2.05, 4.69) is 5.32 Å². The van der Waals surface area contributed by atoms with Crippen molar-refractivity contribution in [2.75, 3.05) is 25.0 Å². The summed E-state index contributed by atoms with van der Waals surface area (Å²) >= 11 is 5.95. The second-order valence-corrected chi connectivity index (χ2v) is 5.09. The normalized spacial score (nSPS) is 14.9. The standard InChI is InChI=1S/C13H16ClN3O3/c14-10-5-4-6-11(17(19)20)13(10)15-9-12(18)16-7-2-1-3-8-16/h4-6,15H,1-3,7-9H2. The van der Waals surface area contributed by atoms with E-state index in [4.69, 9.17) is 11.6 Å². The number of nitrogens with one attached hydrogen (secondary N) is 1. The summed E-state index contributed by atoms with van der Waals surface area (Å²) in [5.74, 6) is -0.0566. The van der Waals surface area contributed by atoms with E-state index in [1.54, 1.807) is 11.0 Å². The molecule has 7 heteroatoms. The summed E-state index contributed by atoms with van der Waals surface area (Å²) < 4.78 is 0. The number of benzene rings is 1. The van der Waals surface area contributed by atoms with Crippen molar-refractivity contribution >= 4 is 28.9 Å². The molecule has 0 aromatic heterocycles. The molecular formula is C13H16ClN3O3. The van der Waals surface area contributed by atoms with Gasteiger partial charge >= 0.3 is 0 Å². The molecule has 0 spiro atoms. The van der Waals surface area contributed by atoms with Gasteiger partial charge in [0.25, 0.3) is 5.69 Å². The van der Waals surface area contributed by atoms with Crippen LogP contribution in [0.1, 0.15) is 19.3 Å². The van der Waals surface area contributed by atoms with E-state index in [0.717, 1.165) is 32.4 Å². The van der Waals surface area contributed by atoms with Gasteiger partial charge in [-0.2, -0.15) is 0 Å². The molecule has 1 heterocycles. The maximum Gasteiger partial charge on any atom is 0.293 e. The van der Waals surface area contributed by atoms with Crippen molar-refractivity contribution in [2.24, 2.45) is 0 Å². The fourth-order valence-electron chi connectivity index (χ4n) is 2.26. The molecule has 0 bridgehead atoms. The number of anilines is 1. The van der Waals surface area contributed by atoms with Crippen molar-refractivity contribution in [2.45, 2.75) is 19.3 Å². The van der Waals surface area contributed by atoms with Gasteiger partial charge in [0.05, 0.1) is 16.5 Å². The highest BCUT2D eigenvalue weighted by Gasteiger charge is 2.20. The van der Waals surface area contributed by atoms with Crippen LogP contribution in [0, 0.1) is 10.1 Å². The Morgan fingerprint density at radius 3 is 2.70 bits per heavy atom. The Kier molecular flexibility index (Phi) is 4.79. The number of hydrogen-bond acceptors (Lipinski definition) is 4. The van der Waals surface area contributed by atoms with Crippen LogP contribution in [0.3, 0.4) is 0 Å². The Morgan fingerprint density at radius 2 is 2.05 bits per heavy atom. The van der Waals surface area contributed by atoms with Crippen LogP contribution in [0.25, 0.3) is 0 Å². The summed E-state index contributed by atoms with van der Waals surface area (Å²) in [5.41, 5.74) is 0.0773. The molecule has 20 heavy (non-hydrogen) atoms. The zero-order valence-electron chi connectivity index (χ0n) is 11.0. The summed E-state index contributed by atoms with van der Waals surface area (Å²) in [5, 5.41) is 14.0. The molecule has 1 saturated heterocycles. The molecule has 0 radical (unpaired) electrons. The van der Waals surface area contributed by atoms with Gasteiger partial charge in [0.2, 0.25) is 5.91 Å². The van der Waals surface area contributed by atoms with Crippen molar-refractivity contribution in [1.82, 2.24) is 4.90 Å². The molecule has 1 aliphatic heterocycles. The fraction of sp³-hybridized carbons (Fsp3) is 0.462. The van der Waals surface area contributed by atoms with Crippen LogP contribution in [0.15, 0.2) is 18.2 Å². The molecule has 2 rings (SSSR count). The summed E-state index contributed by atoms with van der Waals surface area (Å²) in [6.07, 6.45) is 3.17. The molecule has 0 unspecified atom stereocenters. The molecule has 0 saturated carbocycles. The Morgan fingerprint density at radius 1 is 1.35 bits per heavy atom. The Bertz CT molecular complexity index is 516. The number of amides is 1. The van der Waals surface area contributed by atoms with Crippen LogP contribution in [0.4, 0.5) is 11.4 Å². The van der Waals surface area contributed by atoms with Crippen LogP contribution < -0.4 is 5.32 Å². The zero-order chi connectivity index (χ0) is 14.5. The highest BCUT2D eigenvalue weighted by molar-refractivity contribution is 6.33. The number of likely N-dealkylation sites (tertiary alicyclic amines) is 1. The smallest absolute Gasteiger partial charge is 0.293 e. The Hall–Kier alpha value is -1.82. The monoisotopic (exact) mass is 297 g/mol. The van der Waals surface area contributed by atoms with Crippen LogP contribution in [0.2, 0.25) is 5.02 Å². The topological polar surface area (TPSA) is 75.5 Å². The number of carbonyl (C=O) groups excluding carboxylic acids is 1.